The van der Waals surface area contributed by atoms with Crippen molar-refractivity contribution >= 4 is 31.9 Å². The van der Waals surface area contributed by atoms with Crippen LogP contribution in [-0.2, 0) is 0 Å². The molecule has 54 valence electrons. The van der Waals surface area contributed by atoms with Crippen molar-refractivity contribution in [2.75, 3.05) is 0 Å². The maximum Gasteiger partial charge on any atom is 0.141 e. The normalized spacial score (nSPS) is 9.90. The fraction of sp³-hybridized carbons (Fsp3) is 0. The lowest BCUT2D eigenvalue weighted by molar-refractivity contribution is 0.465. The van der Waals surface area contributed by atoms with Crippen molar-refractivity contribution in [3.8, 4) is 5.75 Å². The first-order valence-corrected chi connectivity index (χ1v) is 4.03. The van der Waals surface area contributed by atoms with Crippen LogP contribution >= 0.6 is 31.9 Å². The van der Waals surface area contributed by atoms with Gasteiger partial charge in [-0.1, -0.05) is 0 Å². The summed E-state index contributed by atoms with van der Waals surface area (Å²) in [6.07, 6.45) is 0. The standard InChI is InChI=1S/C6H3Br2FO/c7-3-1-4(8)6(10)2-5(3)9/h1-2,10H. The third kappa shape index (κ3) is 1.49. The van der Waals surface area contributed by atoms with Crippen molar-refractivity contribution in [1.82, 2.24) is 0 Å². The summed E-state index contributed by atoms with van der Waals surface area (Å²) in [6, 6.07) is 2.48. The predicted molar refractivity (Wildman–Crippen MR) is 43.5 cm³/mol. The number of benzene rings is 1. The molecule has 0 fully saturated rings. The monoisotopic (exact) mass is 268 g/mol. The van der Waals surface area contributed by atoms with Crippen LogP contribution < -0.4 is 0 Å². The molecule has 10 heavy (non-hydrogen) atoms. The molecular weight excluding hydrogens is 267 g/mol. The van der Waals surface area contributed by atoms with Gasteiger partial charge >= 0.3 is 0 Å². The van der Waals surface area contributed by atoms with Gasteiger partial charge in [0.25, 0.3) is 0 Å². The molecular formula is C6H3Br2FO. The number of phenols is 1. The van der Waals surface area contributed by atoms with Crippen molar-refractivity contribution in [3.05, 3.63) is 26.9 Å². The van der Waals surface area contributed by atoms with Gasteiger partial charge in [0.1, 0.15) is 11.6 Å². The number of hydrogen-bond acceptors (Lipinski definition) is 1. The van der Waals surface area contributed by atoms with Crippen LogP contribution in [0.1, 0.15) is 0 Å². The van der Waals surface area contributed by atoms with Crippen molar-refractivity contribution in [1.29, 1.82) is 0 Å². The zero-order valence-electron chi connectivity index (χ0n) is 4.74. The van der Waals surface area contributed by atoms with Gasteiger partial charge in [0, 0.05) is 6.07 Å². The van der Waals surface area contributed by atoms with Crippen LogP contribution in [0.25, 0.3) is 0 Å². The van der Waals surface area contributed by atoms with Crippen LogP contribution in [0.4, 0.5) is 4.39 Å². The van der Waals surface area contributed by atoms with Crippen LogP contribution in [0, 0.1) is 5.82 Å². The first-order chi connectivity index (χ1) is 4.61. The first kappa shape index (κ1) is 8.01. The van der Waals surface area contributed by atoms with E-state index in [4.69, 9.17) is 5.11 Å². The van der Waals surface area contributed by atoms with Crippen molar-refractivity contribution in [2.24, 2.45) is 0 Å². The summed E-state index contributed by atoms with van der Waals surface area (Å²) in [5.74, 6) is -0.568. The number of halogens is 3. The molecule has 0 atom stereocenters. The molecule has 0 unspecified atom stereocenters. The Morgan fingerprint density at radius 3 is 2.30 bits per heavy atom. The van der Waals surface area contributed by atoms with Gasteiger partial charge in [-0.2, -0.15) is 0 Å². The van der Waals surface area contributed by atoms with E-state index in [-0.39, 0.29) is 5.75 Å². The molecule has 0 aliphatic rings. The summed E-state index contributed by atoms with van der Waals surface area (Å²) in [6.45, 7) is 0. The Morgan fingerprint density at radius 2 is 1.80 bits per heavy atom. The number of aromatic hydroxyl groups is 1. The van der Waals surface area contributed by atoms with Crippen molar-refractivity contribution in [3.63, 3.8) is 0 Å². The summed E-state index contributed by atoms with van der Waals surface area (Å²) < 4.78 is 13.3. The minimum absolute atomic E-state index is 0.0966. The van der Waals surface area contributed by atoms with Crippen LogP contribution in [-0.4, -0.2) is 5.11 Å². The summed E-state index contributed by atoms with van der Waals surface area (Å²) in [5, 5.41) is 8.92. The molecule has 0 aliphatic carbocycles. The zero-order chi connectivity index (χ0) is 7.72. The molecule has 0 spiro atoms. The minimum atomic E-state index is -0.472. The van der Waals surface area contributed by atoms with Crippen LogP contribution in [0.5, 0.6) is 5.75 Å². The highest BCUT2D eigenvalue weighted by Gasteiger charge is 2.03. The third-order valence-electron chi connectivity index (χ3n) is 0.990. The lowest BCUT2D eigenvalue weighted by atomic mass is 10.3. The van der Waals surface area contributed by atoms with Crippen LogP contribution in [0.2, 0.25) is 0 Å². The number of phenolic OH excluding ortho intramolecular Hbond substituents is 1. The van der Waals surface area contributed by atoms with Crippen LogP contribution in [0.15, 0.2) is 21.1 Å². The van der Waals surface area contributed by atoms with Gasteiger partial charge in [-0.3, -0.25) is 0 Å². The fourth-order valence-corrected chi connectivity index (χ4v) is 1.51. The van der Waals surface area contributed by atoms with Gasteiger partial charge in [-0.15, -0.1) is 0 Å². The maximum absolute atomic E-state index is 12.5. The Labute approximate surface area is 74.1 Å². The predicted octanol–water partition coefficient (Wildman–Crippen LogP) is 3.06. The summed E-state index contributed by atoms with van der Waals surface area (Å²) in [7, 11) is 0. The second kappa shape index (κ2) is 2.88. The molecule has 0 radical (unpaired) electrons. The molecule has 1 N–H and O–H groups in total. The second-order valence-corrected chi connectivity index (χ2v) is 3.43. The Morgan fingerprint density at radius 1 is 1.20 bits per heavy atom. The highest BCUT2D eigenvalue weighted by molar-refractivity contribution is 9.11. The van der Waals surface area contributed by atoms with Crippen molar-refractivity contribution in [2.45, 2.75) is 0 Å². The topological polar surface area (TPSA) is 20.2 Å². The highest BCUT2D eigenvalue weighted by atomic mass is 79.9. The Bertz CT molecular complexity index is 212. The molecule has 0 saturated heterocycles. The van der Waals surface area contributed by atoms with Gasteiger partial charge in [0.2, 0.25) is 0 Å². The molecule has 0 aliphatic heterocycles. The summed E-state index contributed by atoms with van der Waals surface area (Å²) in [5.41, 5.74) is 0. The van der Waals surface area contributed by atoms with E-state index in [0.717, 1.165) is 6.07 Å². The van der Waals surface area contributed by atoms with E-state index in [1.807, 2.05) is 0 Å². The Balaban J connectivity index is 3.28. The highest BCUT2D eigenvalue weighted by Crippen LogP contribution is 2.29. The first-order valence-electron chi connectivity index (χ1n) is 2.45. The molecule has 1 rings (SSSR count). The van der Waals surface area contributed by atoms with E-state index >= 15 is 0 Å². The molecule has 0 saturated carbocycles. The van der Waals surface area contributed by atoms with E-state index in [2.05, 4.69) is 31.9 Å². The molecule has 1 aromatic carbocycles. The average Bonchev–Trinajstić information content (AvgIpc) is 1.84. The molecule has 0 bridgehead atoms. The average molecular weight is 270 g/mol. The van der Waals surface area contributed by atoms with E-state index < -0.39 is 5.82 Å². The number of hydrogen-bond donors (Lipinski definition) is 1. The molecule has 0 heterocycles. The summed E-state index contributed by atoms with van der Waals surface area (Å²) >= 11 is 6.00. The van der Waals surface area contributed by atoms with Gasteiger partial charge in [0.05, 0.1) is 8.95 Å². The Kier molecular flexibility index (Phi) is 2.31. The molecule has 1 aromatic rings. The van der Waals surface area contributed by atoms with Gasteiger partial charge in [-0.25, -0.2) is 4.39 Å². The molecule has 4 heteroatoms. The van der Waals surface area contributed by atoms with Crippen molar-refractivity contribution < 1.29 is 9.50 Å². The SMILES string of the molecule is Oc1cc(F)c(Br)cc1Br. The fourth-order valence-electron chi connectivity index (χ4n) is 0.512. The minimum Gasteiger partial charge on any atom is -0.507 e. The smallest absolute Gasteiger partial charge is 0.141 e. The molecule has 1 nitrogen and oxygen atoms in total. The van der Waals surface area contributed by atoms with Crippen LogP contribution in [0.3, 0.4) is 0 Å². The van der Waals surface area contributed by atoms with Gasteiger partial charge < -0.3 is 5.11 Å². The van der Waals surface area contributed by atoms with E-state index in [9.17, 15) is 4.39 Å². The zero-order valence-corrected chi connectivity index (χ0v) is 7.91. The lowest BCUT2D eigenvalue weighted by Gasteiger charge is -1.97. The lowest BCUT2D eigenvalue weighted by Crippen LogP contribution is -1.76. The maximum atomic E-state index is 12.5. The van der Waals surface area contributed by atoms with E-state index in [1.165, 1.54) is 6.07 Å². The quantitative estimate of drug-likeness (QED) is 0.718. The van der Waals surface area contributed by atoms with Gasteiger partial charge in [0.15, 0.2) is 0 Å². The third-order valence-corrected chi connectivity index (χ3v) is 2.23. The Hall–Kier alpha value is -0.0900. The molecule has 0 aromatic heterocycles. The van der Waals surface area contributed by atoms with E-state index in [1.54, 1.807) is 0 Å². The largest absolute Gasteiger partial charge is 0.507 e. The molecule has 0 amide bonds. The second-order valence-electron chi connectivity index (χ2n) is 1.72. The van der Waals surface area contributed by atoms with E-state index in [0.29, 0.717) is 8.95 Å². The summed E-state index contributed by atoms with van der Waals surface area (Å²) in [4.78, 5) is 0. The van der Waals surface area contributed by atoms with Gasteiger partial charge in [-0.05, 0) is 37.9 Å². The number of rotatable bonds is 0.